The van der Waals surface area contributed by atoms with Crippen LogP contribution in [0, 0.1) is 0 Å². The van der Waals surface area contributed by atoms with Gasteiger partial charge in [-0.15, -0.1) is 11.8 Å². The van der Waals surface area contributed by atoms with Gasteiger partial charge in [0.1, 0.15) is 4.32 Å². The van der Waals surface area contributed by atoms with Crippen molar-refractivity contribution in [1.29, 1.82) is 0 Å². The zero-order valence-electron chi connectivity index (χ0n) is 8.43. The number of likely N-dealkylation sites (N-methyl/N-ethyl adjacent to an activating group) is 1. The van der Waals surface area contributed by atoms with E-state index >= 15 is 0 Å². The summed E-state index contributed by atoms with van der Waals surface area (Å²) in [6, 6.07) is 5.98. The maximum atomic E-state index is 5.16. The molecule has 0 N–H and O–H groups in total. The Morgan fingerprint density at radius 3 is 2.93 bits per heavy atom. The van der Waals surface area contributed by atoms with E-state index in [1.807, 2.05) is 37.7 Å². The molecular weight excluding hydrogens is 212 g/mol. The third-order valence-corrected chi connectivity index (χ3v) is 3.39. The second-order valence-corrected chi connectivity index (χ2v) is 4.40. The monoisotopic (exact) mass is 226 g/mol. The van der Waals surface area contributed by atoms with Gasteiger partial charge in [-0.2, -0.15) is 0 Å². The fraction of sp³-hybridized carbons (Fsp3) is 0.400. The first kappa shape index (κ1) is 11.5. The summed E-state index contributed by atoms with van der Waals surface area (Å²) in [5, 5.41) is 0. The van der Waals surface area contributed by atoms with Crippen molar-refractivity contribution in [2.24, 2.45) is 0 Å². The lowest BCUT2D eigenvalue weighted by Gasteiger charge is -2.17. The first-order chi connectivity index (χ1) is 6.74. The molecule has 0 saturated carbocycles. The van der Waals surface area contributed by atoms with Crippen molar-refractivity contribution in [2.75, 3.05) is 19.8 Å². The molecule has 0 aliphatic heterocycles. The van der Waals surface area contributed by atoms with Crippen molar-refractivity contribution in [3.8, 4) is 0 Å². The summed E-state index contributed by atoms with van der Waals surface area (Å²) < 4.78 is 0.931. The van der Waals surface area contributed by atoms with Crippen LogP contribution in [0.5, 0.6) is 0 Å². The van der Waals surface area contributed by atoms with Crippen LogP contribution in [0.4, 0.5) is 0 Å². The van der Waals surface area contributed by atoms with E-state index in [4.69, 9.17) is 12.2 Å². The number of pyridine rings is 1. The lowest BCUT2D eigenvalue weighted by Crippen LogP contribution is -2.24. The average molecular weight is 226 g/mol. The van der Waals surface area contributed by atoms with Crippen molar-refractivity contribution >= 4 is 28.3 Å². The van der Waals surface area contributed by atoms with Crippen molar-refractivity contribution in [2.45, 2.75) is 6.42 Å². The first-order valence-corrected chi connectivity index (χ1v) is 6.06. The van der Waals surface area contributed by atoms with Crippen molar-refractivity contribution < 1.29 is 0 Å². The Kier molecular flexibility index (Phi) is 4.90. The third kappa shape index (κ3) is 3.64. The fourth-order valence-electron chi connectivity index (χ4n) is 1.08. The number of thiocarbonyl (C=S) groups is 1. The van der Waals surface area contributed by atoms with E-state index in [-0.39, 0.29) is 0 Å². The van der Waals surface area contributed by atoms with Gasteiger partial charge in [-0.05, 0) is 18.4 Å². The molecule has 0 aliphatic rings. The maximum absolute atomic E-state index is 5.16. The summed E-state index contributed by atoms with van der Waals surface area (Å²) in [6.07, 6.45) is 4.76. The third-order valence-electron chi connectivity index (χ3n) is 1.92. The van der Waals surface area contributed by atoms with Crippen LogP contribution in [-0.2, 0) is 6.42 Å². The summed E-state index contributed by atoms with van der Waals surface area (Å²) in [5.41, 5.74) is 1.11. The molecule has 1 aromatic heterocycles. The van der Waals surface area contributed by atoms with E-state index in [1.54, 1.807) is 11.8 Å². The van der Waals surface area contributed by atoms with E-state index < -0.39 is 0 Å². The van der Waals surface area contributed by atoms with Crippen LogP contribution >= 0.6 is 24.0 Å². The molecule has 1 heterocycles. The molecule has 0 fully saturated rings. The Morgan fingerprint density at radius 1 is 1.57 bits per heavy atom. The van der Waals surface area contributed by atoms with Gasteiger partial charge in [0, 0.05) is 31.9 Å². The highest BCUT2D eigenvalue weighted by molar-refractivity contribution is 8.22. The minimum atomic E-state index is 0.927. The highest BCUT2D eigenvalue weighted by Crippen LogP contribution is 2.04. The topological polar surface area (TPSA) is 16.1 Å². The minimum absolute atomic E-state index is 0.927. The molecule has 0 aliphatic carbocycles. The Hall–Kier alpha value is -0.610. The van der Waals surface area contributed by atoms with E-state index in [1.165, 1.54) is 0 Å². The van der Waals surface area contributed by atoms with Crippen LogP contribution in [0.1, 0.15) is 5.69 Å². The predicted octanol–water partition coefficient (Wildman–Crippen LogP) is 2.20. The Bertz CT molecular complexity index is 287. The van der Waals surface area contributed by atoms with E-state index in [9.17, 15) is 0 Å². The molecule has 4 heteroatoms. The second kappa shape index (κ2) is 5.98. The summed E-state index contributed by atoms with van der Waals surface area (Å²) in [6.45, 7) is 0.927. The molecule has 0 saturated heterocycles. The number of hydrogen-bond acceptors (Lipinski definition) is 3. The molecule has 0 radical (unpaired) electrons. The number of hydrogen-bond donors (Lipinski definition) is 0. The molecule has 0 bridgehead atoms. The van der Waals surface area contributed by atoms with Crippen molar-refractivity contribution in [1.82, 2.24) is 9.88 Å². The van der Waals surface area contributed by atoms with Crippen LogP contribution in [0.2, 0.25) is 0 Å². The average Bonchev–Trinajstić information content (AvgIpc) is 2.26. The molecule has 2 nitrogen and oxygen atoms in total. The summed E-state index contributed by atoms with van der Waals surface area (Å²) in [7, 11) is 2.02. The maximum Gasteiger partial charge on any atom is 0.135 e. The number of rotatable bonds is 3. The minimum Gasteiger partial charge on any atom is -0.360 e. The zero-order chi connectivity index (χ0) is 10.4. The second-order valence-electron chi connectivity index (χ2n) is 2.96. The first-order valence-electron chi connectivity index (χ1n) is 4.43. The van der Waals surface area contributed by atoms with Gasteiger partial charge in [0.15, 0.2) is 0 Å². The van der Waals surface area contributed by atoms with E-state index in [2.05, 4.69) is 9.88 Å². The van der Waals surface area contributed by atoms with Crippen LogP contribution in [0.3, 0.4) is 0 Å². The van der Waals surface area contributed by atoms with Gasteiger partial charge in [0.05, 0.1) is 0 Å². The quantitative estimate of drug-likeness (QED) is 0.734. The number of aromatic nitrogens is 1. The van der Waals surface area contributed by atoms with Gasteiger partial charge < -0.3 is 4.90 Å². The van der Waals surface area contributed by atoms with Crippen LogP contribution < -0.4 is 0 Å². The highest BCUT2D eigenvalue weighted by atomic mass is 32.2. The Balaban J connectivity index is 2.38. The molecule has 1 rings (SSSR count). The largest absolute Gasteiger partial charge is 0.360 e. The predicted molar refractivity (Wildman–Crippen MR) is 66.7 cm³/mol. The van der Waals surface area contributed by atoms with Gasteiger partial charge in [-0.3, -0.25) is 4.98 Å². The molecule has 0 atom stereocenters. The van der Waals surface area contributed by atoms with Crippen molar-refractivity contribution in [3.63, 3.8) is 0 Å². The Morgan fingerprint density at radius 2 is 2.36 bits per heavy atom. The Labute approximate surface area is 94.7 Å². The molecular formula is C10H14N2S2. The van der Waals surface area contributed by atoms with Gasteiger partial charge in [-0.25, -0.2) is 0 Å². The summed E-state index contributed by atoms with van der Waals surface area (Å²) in [4.78, 5) is 6.34. The summed E-state index contributed by atoms with van der Waals surface area (Å²) in [5.74, 6) is 0. The van der Waals surface area contributed by atoms with Gasteiger partial charge in [0.25, 0.3) is 0 Å². The molecule has 0 spiro atoms. The van der Waals surface area contributed by atoms with Crippen LogP contribution in [0.15, 0.2) is 24.4 Å². The lowest BCUT2D eigenvalue weighted by atomic mass is 10.3. The van der Waals surface area contributed by atoms with Gasteiger partial charge >= 0.3 is 0 Å². The van der Waals surface area contributed by atoms with Crippen LogP contribution in [0.25, 0.3) is 0 Å². The molecule has 0 amide bonds. The summed E-state index contributed by atoms with van der Waals surface area (Å²) >= 11 is 6.77. The van der Waals surface area contributed by atoms with E-state index in [0.29, 0.717) is 0 Å². The normalized spacial score (nSPS) is 9.86. The smallest absolute Gasteiger partial charge is 0.135 e. The van der Waals surface area contributed by atoms with E-state index in [0.717, 1.165) is 23.0 Å². The number of thioether (sulfide) groups is 1. The van der Waals surface area contributed by atoms with Crippen molar-refractivity contribution in [3.05, 3.63) is 30.1 Å². The SMILES string of the molecule is CSC(=S)N(C)CCc1ccccn1. The standard InChI is InChI=1S/C10H14N2S2/c1-12(10(13)14-2)8-6-9-5-3-4-7-11-9/h3-5,7H,6,8H2,1-2H3. The van der Waals surface area contributed by atoms with Gasteiger partial charge in [0.2, 0.25) is 0 Å². The molecule has 0 aromatic carbocycles. The lowest BCUT2D eigenvalue weighted by molar-refractivity contribution is 0.522. The molecule has 14 heavy (non-hydrogen) atoms. The van der Waals surface area contributed by atoms with Gasteiger partial charge in [-0.1, -0.05) is 18.3 Å². The molecule has 0 unspecified atom stereocenters. The zero-order valence-corrected chi connectivity index (χ0v) is 10.1. The number of nitrogens with zero attached hydrogens (tertiary/aromatic N) is 2. The molecule has 1 aromatic rings. The van der Waals surface area contributed by atoms with Crippen LogP contribution in [-0.4, -0.2) is 34.1 Å². The highest BCUT2D eigenvalue weighted by Gasteiger charge is 2.02. The molecule has 76 valence electrons. The fourth-order valence-corrected chi connectivity index (χ4v) is 1.57.